The van der Waals surface area contributed by atoms with Crippen LogP contribution >= 0.6 is 11.8 Å². The minimum absolute atomic E-state index is 0.0925. The topological polar surface area (TPSA) is 101 Å². The minimum Gasteiger partial charge on any atom is -0.392 e. The predicted molar refractivity (Wildman–Crippen MR) is 42.5 cm³/mol. The molecule has 72 valence electrons. The van der Waals surface area contributed by atoms with Crippen LogP contribution in [-0.4, -0.2) is 61.1 Å². The zero-order valence-corrected chi connectivity index (χ0v) is 7.11. The number of thioether (sulfide) groups is 1. The van der Waals surface area contributed by atoms with Gasteiger partial charge in [-0.3, -0.25) is 0 Å². The molecule has 12 heavy (non-hydrogen) atoms. The van der Waals surface area contributed by atoms with Crippen molar-refractivity contribution in [1.82, 2.24) is 0 Å². The van der Waals surface area contributed by atoms with Crippen molar-refractivity contribution in [2.45, 2.75) is 23.2 Å². The summed E-state index contributed by atoms with van der Waals surface area (Å²) in [6.45, 7) is -0.650. The number of hydrogen-bond acceptors (Lipinski definition) is 6. The van der Waals surface area contributed by atoms with Crippen molar-refractivity contribution in [2.75, 3.05) is 12.4 Å². The molecule has 0 aromatic rings. The van der Waals surface area contributed by atoms with Gasteiger partial charge in [0.05, 0.1) is 12.7 Å². The van der Waals surface area contributed by atoms with Crippen LogP contribution in [0.4, 0.5) is 0 Å². The maximum atomic E-state index is 9.43. The first-order chi connectivity index (χ1) is 5.51. The second-order valence-electron chi connectivity index (χ2n) is 2.82. The first kappa shape index (κ1) is 10.2. The molecule has 0 spiro atoms. The Bertz CT molecular complexity index is 166. The molecule has 0 saturated carbocycles. The highest BCUT2D eigenvalue weighted by molar-refractivity contribution is 8.00. The summed E-state index contributed by atoms with van der Waals surface area (Å²) in [5.74, 6) is 0.0925. The molecule has 1 fully saturated rings. The molecule has 5 nitrogen and oxygen atoms in total. The Kier molecular flexibility index (Phi) is 2.97. The number of aliphatic hydroxyl groups excluding tert-OH is 4. The highest BCUT2D eigenvalue weighted by atomic mass is 32.2. The number of aliphatic hydroxyl groups is 5. The molecule has 0 amide bonds. The third kappa shape index (κ3) is 1.59. The fourth-order valence-electron chi connectivity index (χ4n) is 1.03. The smallest absolute Gasteiger partial charge is 0.161 e. The lowest BCUT2D eigenvalue weighted by atomic mass is 10.0. The fourth-order valence-corrected chi connectivity index (χ4v) is 2.09. The van der Waals surface area contributed by atoms with Crippen LogP contribution < -0.4 is 0 Å². The van der Waals surface area contributed by atoms with Crippen molar-refractivity contribution in [3.8, 4) is 0 Å². The third-order valence-electron chi connectivity index (χ3n) is 1.91. The number of rotatable bonds is 1. The Morgan fingerprint density at radius 3 is 2.42 bits per heavy atom. The summed E-state index contributed by atoms with van der Waals surface area (Å²) in [6, 6.07) is 0. The molecular formula is C6H12O5S. The molecule has 4 atom stereocenters. The molecule has 1 rings (SSSR count). The highest BCUT2D eigenvalue weighted by Crippen LogP contribution is 2.34. The van der Waals surface area contributed by atoms with Crippen LogP contribution in [-0.2, 0) is 0 Å². The van der Waals surface area contributed by atoms with Gasteiger partial charge in [-0.05, 0) is 0 Å². The van der Waals surface area contributed by atoms with Crippen LogP contribution in [0.25, 0.3) is 0 Å². The van der Waals surface area contributed by atoms with E-state index in [4.69, 9.17) is 15.3 Å². The van der Waals surface area contributed by atoms with Gasteiger partial charge in [0, 0.05) is 5.75 Å². The molecule has 0 aromatic carbocycles. The first-order valence-electron chi connectivity index (χ1n) is 3.52. The van der Waals surface area contributed by atoms with E-state index in [2.05, 4.69) is 0 Å². The second kappa shape index (κ2) is 3.49. The Labute approximate surface area is 73.7 Å². The largest absolute Gasteiger partial charge is 0.392 e. The van der Waals surface area contributed by atoms with Crippen molar-refractivity contribution in [3.05, 3.63) is 0 Å². The van der Waals surface area contributed by atoms with Gasteiger partial charge >= 0.3 is 0 Å². The minimum atomic E-state index is -1.75. The lowest BCUT2D eigenvalue weighted by Crippen LogP contribution is -2.58. The van der Waals surface area contributed by atoms with Crippen LogP contribution in [0.1, 0.15) is 0 Å². The Balaban J connectivity index is 2.71. The van der Waals surface area contributed by atoms with Gasteiger partial charge in [0.15, 0.2) is 4.93 Å². The van der Waals surface area contributed by atoms with Crippen LogP contribution in [0.15, 0.2) is 0 Å². The molecule has 0 aromatic heterocycles. The third-order valence-corrected chi connectivity index (χ3v) is 3.29. The van der Waals surface area contributed by atoms with Crippen LogP contribution in [0, 0.1) is 0 Å². The van der Waals surface area contributed by atoms with Gasteiger partial charge in [-0.2, -0.15) is 0 Å². The van der Waals surface area contributed by atoms with Gasteiger partial charge < -0.3 is 25.5 Å². The van der Waals surface area contributed by atoms with Gasteiger partial charge in [-0.15, -0.1) is 11.8 Å². The maximum Gasteiger partial charge on any atom is 0.161 e. The highest BCUT2D eigenvalue weighted by Gasteiger charge is 2.47. The van der Waals surface area contributed by atoms with E-state index in [9.17, 15) is 10.2 Å². The molecule has 1 aliphatic heterocycles. The summed E-state index contributed by atoms with van der Waals surface area (Å²) >= 11 is 0.831. The van der Waals surface area contributed by atoms with E-state index in [-0.39, 0.29) is 5.75 Å². The van der Waals surface area contributed by atoms with E-state index < -0.39 is 29.9 Å². The van der Waals surface area contributed by atoms with Gasteiger partial charge in [-0.1, -0.05) is 0 Å². The van der Waals surface area contributed by atoms with Crippen LogP contribution in [0.3, 0.4) is 0 Å². The Morgan fingerprint density at radius 2 is 1.92 bits per heavy atom. The molecule has 1 aliphatic rings. The lowest BCUT2D eigenvalue weighted by Gasteiger charge is -2.39. The molecule has 0 unspecified atom stereocenters. The summed E-state index contributed by atoms with van der Waals surface area (Å²) in [4.78, 5) is -1.75. The zero-order valence-electron chi connectivity index (χ0n) is 6.29. The van der Waals surface area contributed by atoms with Crippen molar-refractivity contribution in [1.29, 1.82) is 0 Å². The molecule has 5 N–H and O–H groups in total. The summed E-state index contributed by atoms with van der Waals surface area (Å²) in [5, 5.41) is 45.5. The Hall–Kier alpha value is 0.150. The molecular weight excluding hydrogens is 184 g/mol. The molecule has 1 heterocycles. The summed E-state index contributed by atoms with van der Waals surface area (Å²) in [6.07, 6.45) is -3.98. The lowest BCUT2D eigenvalue weighted by molar-refractivity contribution is -0.131. The quantitative estimate of drug-likeness (QED) is 0.318. The van der Waals surface area contributed by atoms with E-state index in [0.717, 1.165) is 11.8 Å². The van der Waals surface area contributed by atoms with Crippen molar-refractivity contribution in [2.24, 2.45) is 0 Å². The standard InChI is InChI=1S/C6H12O5S/c7-2-6(11)5(10)4(9)3(8)1-12-6/h3-5,7-11H,1-2H2/t3-,4-,5+,6-/m0/s1. The molecule has 0 bridgehead atoms. The molecule has 1 saturated heterocycles. The average Bonchev–Trinajstić information content (AvgIpc) is 2.09. The zero-order chi connectivity index (χ0) is 9.35. The monoisotopic (exact) mass is 196 g/mol. The van der Waals surface area contributed by atoms with E-state index in [0.29, 0.717) is 0 Å². The second-order valence-corrected chi connectivity index (χ2v) is 4.15. The molecule has 6 heteroatoms. The van der Waals surface area contributed by atoms with E-state index in [1.165, 1.54) is 0 Å². The van der Waals surface area contributed by atoms with Crippen molar-refractivity contribution < 1.29 is 25.5 Å². The average molecular weight is 196 g/mol. The van der Waals surface area contributed by atoms with Gasteiger partial charge in [0.25, 0.3) is 0 Å². The number of hydrogen-bond donors (Lipinski definition) is 5. The van der Waals surface area contributed by atoms with Gasteiger partial charge in [-0.25, -0.2) is 0 Å². The summed E-state index contributed by atoms with van der Waals surface area (Å²) in [5.41, 5.74) is 0. The predicted octanol–water partition coefficient (Wildman–Crippen LogP) is -2.50. The summed E-state index contributed by atoms with van der Waals surface area (Å²) in [7, 11) is 0. The molecule has 0 radical (unpaired) electrons. The molecule has 0 aliphatic carbocycles. The van der Waals surface area contributed by atoms with Crippen molar-refractivity contribution >= 4 is 11.8 Å². The van der Waals surface area contributed by atoms with Gasteiger partial charge in [0.2, 0.25) is 0 Å². The first-order valence-corrected chi connectivity index (χ1v) is 4.51. The SMILES string of the molecule is OC[C@]1(O)SC[C@H](O)[C@H](O)[C@H]1O. The van der Waals surface area contributed by atoms with Gasteiger partial charge in [0.1, 0.15) is 12.2 Å². The van der Waals surface area contributed by atoms with Crippen molar-refractivity contribution in [3.63, 3.8) is 0 Å². The fraction of sp³-hybridized carbons (Fsp3) is 1.00. The van der Waals surface area contributed by atoms with E-state index in [1.807, 2.05) is 0 Å². The Morgan fingerprint density at radius 1 is 1.33 bits per heavy atom. The normalized spacial score (nSPS) is 49.2. The summed E-state index contributed by atoms with van der Waals surface area (Å²) < 4.78 is 0. The van der Waals surface area contributed by atoms with E-state index >= 15 is 0 Å². The van der Waals surface area contributed by atoms with Crippen LogP contribution in [0.5, 0.6) is 0 Å². The maximum absolute atomic E-state index is 9.43. The van der Waals surface area contributed by atoms with E-state index in [1.54, 1.807) is 0 Å². The van der Waals surface area contributed by atoms with Crippen LogP contribution in [0.2, 0.25) is 0 Å².